The first-order valence-electron chi connectivity index (χ1n) is 16.0. The normalized spacial score (nSPS) is 13.1. The average Bonchev–Trinajstić information content (AvgIpc) is 3.09. The Kier molecular flexibility index (Phi) is 21.9. The Morgan fingerprint density at radius 3 is 1.80 bits per heavy atom. The van der Waals surface area contributed by atoms with Crippen molar-refractivity contribution in [3.8, 4) is 5.75 Å². The fourth-order valence-electron chi connectivity index (χ4n) is 4.31. The number of rotatable bonds is 25. The third kappa shape index (κ3) is 18.6. The summed E-state index contributed by atoms with van der Waals surface area (Å²) in [7, 11) is 0. The van der Waals surface area contributed by atoms with Crippen molar-refractivity contribution in [2.24, 2.45) is 11.5 Å². The Morgan fingerprint density at radius 2 is 1.20 bits per heavy atom. The minimum absolute atomic E-state index is 0.00185. The molecule has 0 heterocycles. The predicted octanol–water partition coefficient (Wildman–Crippen LogP) is -2.22. The topological polar surface area (TPSA) is 284 Å². The second-order valence-electron chi connectivity index (χ2n) is 11.2. The van der Waals surface area contributed by atoms with Gasteiger partial charge in [0.05, 0.1) is 19.1 Å². The highest BCUT2D eigenvalue weighted by atomic mass is 32.2. The van der Waals surface area contributed by atoms with E-state index in [9.17, 15) is 38.7 Å². The summed E-state index contributed by atoms with van der Waals surface area (Å²) in [5.41, 5.74) is 12.2. The van der Waals surface area contributed by atoms with E-state index >= 15 is 0 Å². The second-order valence-corrected chi connectivity index (χ2v) is 13.1. The molecule has 1 aromatic carbocycles. The van der Waals surface area contributed by atoms with Crippen LogP contribution >= 0.6 is 23.5 Å². The SMILES string of the molecule is CSCC[C@H](NC(=O)[C@@H](N)CCSC)C(=O)N[C@@H](Cc1ccc(O)cc1)C(=O)N[C@@H](CCCCN)C(=O)NCC(=O)NCC(=O)NCC(=O)O. The van der Waals surface area contributed by atoms with Crippen molar-refractivity contribution in [3.05, 3.63) is 29.8 Å². The zero-order chi connectivity index (χ0) is 37.5. The minimum atomic E-state index is -1.26. The maximum absolute atomic E-state index is 13.7. The van der Waals surface area contributed by atoms with Gasteiger partial charge >= 0.3 is 5.97 Å². The van der Waals surface area contributed by atoms with Gasteiger partial charge < -0.3 is 53.6 Å². The van der Waals surface area contributed by atoms with E-state index in [2.05, 4.69) is 31.9 Å². The summed E-state index contributed by atoms with van der Waals surface area (Å²) in [5.74, 6) is -4.11. The first-order valence-corrected chi connectivity index (χ1v) is 18.7. The number of thioether (sulfide) groups is 2. The van der Waals surface area contributed by atoms with Crippen molar-refractivity contribution < 1.29 is 43.8 Å². The Bertz CT molecular complexity index is 1270. The molecule has 280 valence electrons. The molecule has 1 rings (SSSR count). The number of unbranched alkanes of at least 4 members (excludes halogenated alkanes) is 1. The molecule has 0 bridgehead atoms. The van der Waals surface area contributed by atoms with Crippen LogP contribution in [-0.2, 0) is 40.0 Å². The van der Waals surface area contributed by atoms with Crippen molar-refractivity contribution in [3.63, 3.8) is 0 Å². The van der Waals surface area contributed by atoms with E-state index < -0.39 is 85.2 Å². The van der Waals surface area contributed by atoms with Crippen molar-refractivity contribution in [1.29, 1.82) is 0 Å². The van der Waals surface area contributed by atoms with Crippen molar-refractivity contribution in [2.45, 2.75) is 62.7 Å². The lowest BCUT2D eigenvalue weighted by molar-refractivity contribution is -0.137. The van der Waals surface area contributed by atoms with Crippen molar-refractivity contribution in [2.75, 3.05) is 50.2 Å². The molecule has 17 nitrogen and oxygen atoms in total. The van der Waals surface area contributed by atoms with Crippen LogP contribution in [0.5, 0.6) is 5.75 Å². The molecule has 0 aliphatic rings. The van der Waals surface area contributed by atoms with Gasteiger partial charge in [0.2, 0.25) is 35.4 Å². The standard InChI is InChI=1S/C31H50N8O9S2/c1-49-13-10-21(33)28(45)37-23(11-14-50-2)30(47)39-24(15-19-6-8-20(40)9-7-19)31(48)38-22(5-3-4-12-32)29(46)36-17-26(42)34-16-25(41)35-18-27(43)44/h6-9,21-24,40H,3-5,10-18,32-33H2,1-2H3,(H,34,42)(H,35,41)(H,36,46)(H,37,45)(H,38,48)(H,39,47)(H,43,44)/t21-,22-,23-,24-/m0/s1. The number of hydrogen-bond acceptors (Lipinski definition) is 12. The molecule has 4 atom stereocenters. The van der Waals surface area contributed by atoms with Crippen molar-refractivity contribution in [1.82, 2.24) is 31.9 Å². The maximum atomic E-state index is 13.7. The summed E-state index contributed by atoms with van der Waals surface area (Å²) in [5, 5.41) is 33.2. The number of nitrogens with two attached hydrogens (primary N) is 2. The number of benzene rings is 1. The van der Waals surface area contributed by atoms with E-state index in [0.717, 1.165) is 0 Å². The van der Waals surface area contributed by atoms with E-state index in [-0.39, 0.29) is 25.0 Å². The Hall–Kier alpha value is -4.07. The van der Waals surface area contributed by atoms with E-state index in [1.165, 1.54) is 35.7 Å². The number of aliphatic carboxylic acids is 1. The van der Waals surface area contributed by atoms with Gasteiger partial charge in [0.15, 0.2) is 0 Å². The lowest BCUT2D eigenvalue weighted by atomic mass is 10.0. The number of carbonyl (C=O) groups is 7. The van der Waals surface area contributed by atoms with E-state index in [4.69, 9.17) is 16.6 Å². The Labute approximate surface area is 299 Å². The molecule has 0 aromatic heterocycles. The van der Waals surface area contributed by atoms with Crippen molar-refractivity contribution >= 4 is 64.9 Å². The van der Waals surface area contributed by atoms with Crippen LogP contribution in [0.3, 0.4) is 0 Å². The molecule has 0 aliphatic carbocycles. The van der Waals surface area contributed by atoms with Gasteiger partial charge in [-0.3, -0.25) is 33.6 Å². The smallest absolute Gasteiger partial charge is 0.322 e. The second kappa shape index (κ2) is 25.0. The zero-order valence-corrected chi connectivity index (χ0v) is 30.0. The molecule has 0 spiro atoms. The number of nitrogens with one attached hydrogen (secondary N) is 6. The van der Waals surface area contributed by atoms with Gasteiger partial charge in [-0.05, 0) is 80.4 Å². The van der Waals surface area contributed by atoms with Crippen LogP contribution in [0, 0.1) is 0 Å². The van der Waals surface area contributed by atoms with Crippen LogP contribution in [0.25, 0.3) is 0 Å². The summed E-state index contributed by atoms with van der Waals surface area (Å²) in [4.78, 5) is 87.7. The molecular weight excluding hydrogens is 693 g/mol. The van der Waals surface area contributed by atoms with Gasteiger partial charge in [0.1, 0.15) is 30.4 Å². The van der Waals surface area contributed by atoms with E-state index in [1.807, 2.05) is 12.5 Å². The number of phenolic OH excluding ortho intramolecular Hbond substituents is 1. The van der Waals surface area contributed by atoms with E-state index in [0.29, 0.717) is 42.9 Å². The molecular formula is C31H50N8O9S2. The number of carboxylic acid groups (broad SMARTS) is 1. The summed E-state index contributed by atoms with van der Waals surface area (Å²) in [6.45, 7) is -1.35. The molecule has 1 aromatic rings. The Morgan fingerprint density at radius 1 is 0.680 bits per heavy atom. The van der Waals surface area contributed by atoms with Gasteiger partial charge in [0, 0.05) is 6.42 Å². The largest absolute Gasteiger partial charge is 0.508 e. The van der Waals surface area contributed by atoms with Crippen LogP contribution in [-0.4, -0.2) is 126 Å². The molecule has 6 amide bonds. The monoisotopic (exact) mass is 742 g/mol. The first-order chi connectivity index (χ1) is 23.8. The molecule has 0 aliphatic heterocycles. The van der Waals surface area contributed by atoms with Gasteiger partial charge in [0.25, 0.3) is 0 Å². The maximum Gasteiger partial charge on any atom is 0.322 e. The van der Waals surface area contributed by atoms with Gasteiger partial charge in [-0.2, -0.15) is 23.5 Å². The number of hydrogen-bond donors (Lipinski definition) is 10. The molecule has 0 unspecified atom stereocenters. The van der Waals surface area contributed by atoms with E-state index in [1.54, 1.807) is 12.1 Å². The fraction of sp³-hybridized carbons (Fsp3) is 0.581. The molecule has 50 heavy (non-hydrogen) atoms. The molecule has 19 heteroatoms. The third-order valence-electron chi connectivity index (χ3n) is 7.11. The number of phenols is 1. The molecule has 0 radical (unpaired) electrons. The average molecular weight is 743 g/mol. The lowest BCUT2D eigenvalue weighted by Crippen LogP contribution is -2.58. The highest BCUT2D eigenvalue weighted by Gasteiger charge is 2.30. The quantitative estimate of drug-likeness (QED) is 0.0476. The van der Waals surface area contributed by atoms with Crippen LogP contribution in [0.1, 0.15) is 37.7 Å². The summed E-state index contributed by atoms with van der Waals surface area (Å²) in [6, 6.07) is 1.81. The number of aromatic hydroxyl groups is 1. The lowest BCUT2D eigenvalue weighted by Gasteiger charge is -2.26. The summed E-state index contributed by atoms with van der Waals surface area (Å²) < 4.78 is 0. The molecule has 0 saturated heterocycles. The van der Waals surface area contributed by atoms with Gasteiger partial charge in [-0.25, -0.2) is 0 Å². The molecule has 0 fully saturated rings. The van der Waals surface area contributed by atoms with Crippen LogP contribution < -0.4 is 43.4 Å². The van der Waals surface area contributed by atoms with Crippen LogP contribution in [0.15, 0.2) is 24.3 Å². The zero-order valence-electron chi connectivity index (χ0n) is 28.3. The molecule has 12 N–H and O–H groups in total. The van der Waals surface area contributed by atoms with Gasteiger partial charge in [-0.15, -0.1) is 0 Å². The number of amides is 6. The summed E-state index contributed by atoms with van der Waals surface area (Å²) in [6.07, 6.45) is 5.50. The highest BCUT2D eigenvalue weighted by molar-refractivity contribution is 7.98. The number of carbonyl (C=O) groups excluding carboxylic acids is 6. The van der Waals surface area contributed by atoms with Gasteiger partial charge in [-0.1, -0.05) is 12.1 Å². The highest BCUT2D eigenvalue weighted by Crippen LogP contribution is 2.13. The fourth-order valence-corrected chi connectivity index (χ4v) is 5.27. The first kappa shape index (κ1) is 44.0. The Balaban J connectivity index is 3.12. The van der Waals surface area contributed by atoms with Crippen LogP contribution in [0.4, 0.5) is 0 Å². The number of carboxylic acids is 1. The third-order valence-corrected chi connectivity index (χ3v) is 8.40. The predicted molar refractivity (Wildman–Crippen MR) is 191 cm³/mol. The van der Waals surface area contributed by atoms with Crippen LogP contribution in [0.2, 0.25) is 0 Å². The minimum Gasteiger partial charge on any atom is -0.508 e. The molecule has 0 saturated carbocycles. The summed E-state index contributed by atoms with van der Waals surface area (Å²) >= 11 is 3.00.